The van der Waals surface area contributed by atoms with Crippen LogP contribution in [0.15, 0.2) is 89.5 Å². The number of thiocarbonyl (C=S) groups is 1. The van der Waals surface area contributed by atoms with Gasteiger partial charge in [0.25, 0.3) is 0 Å². The first-order valence-electron chi connectivity index (χ1n) is 10.2. The van der Waals surface area contributed by atoms with Gasteiger partial charge < -0.3 is 14.6 Å². The lowest BCUT2D eigenvalue weighted by Gasteiger charge is -2.26. The van der Waals surface area contributed by atoms with Crippen LogP contribution in [0, 0.1) is 0 Å². The fourth-order valence-corrected chi connectivity index (χ4v) is 4.82. The Balaban J connectivity index is 1.55. The van der Waals surface area contributed by atoms with E-state index in [1.807, 2.05) is 54.6 Å². The highest BCUT2D eigenvalue weighted by atomic mass is 35.5. The number of nitrogens with zero attached hydrogens (tertiary/aromatic N) is 2. The Kier molecular flexibility index (Phi) is 5.87. The van der Waals surface area contributed by atoms with Gasteiger partial charge in [-0.3, -0.25) is 4.98 Å². The topological polar surface area (TPSA) is 41.3 Å². The van der Waals surface area contributed by atoms with Gasteiger partial charge in [0.15, 0.2) is 5.11 Å². The second kappa shape index (κ2) is 8.94. The van der Waals surface area contributed by atoms with Crippen LogP contribution in [0.5, 0.6) is 0 Å². The summed E-state index contributed by atoms with van der Waals surface area (Å²) >= 11 is 18.2. The molecule has 2 aromatic carbocycles. The van der Waals surface area contributed by atoms with Crippen molar-refractivity contribution in [2.24, 2.45) is 0 Å². The van der Waals surface area contributed by atoms with Gasteiger partial charge in [-0.05, 0) is 60.2 Å². The van der Waals surface area contributed by atoms with E-state index in [0.29, 0.717) is 27.5 Å². The van der Waals surface area contributed by atoms with Crippen LogP contribution in [-0.2, 0) is 6.54 Å². The van der Waals surface area contributed by atoms with Crippen LogP contribution in [0.25, 0.3) is 11.3 Å². The SMILES string of the molecule is S=C1NC(c2ccccn2)C(c2ccc(-c3ccc(Cl)cc3Cl)o2)N1Cc1ccccc1. The van der Waals surface area contributed by atoms with Crippen molar-refractivity contribution in [1.29, 1.82) is 0 Å². The molecule has 0 spiro atoms. The van der Waals surface area contributed by atoms with Gasteiger partial charge in [-0.1, -0.05) is 59.6 Å². The molecule has 2 unspecified atom stereocenters. The molecule has 4 nitrogen and oxygen atoms in total. The minimum Gasteiger partial charge on any atom is -0.459 e. The number of halogens is 2. The Morgan fingerprint density at radius 1 is 0.969 bits per heavy atom. The maximum absolute atomic E-state index is 6.42. The molecule has 0 saturated carbocycles. The quantitative estimate of drug-likeness (QED) is 0.318. The molecule has 1 N–H and O–H groups in total. The summed E-state index contributed by atoms with van der Waals surface area (Å²) in [6.45, 7) is 0.651. The molecule has 1 saturated heterocycles. The van der Waals surface area contributed by atoms with Crippen LogP contribution >= 0.6 is 35.4 Å². The number of rotatable bonds is 5. The zero-order valence-corrected chi connectivity index (χ0v) is 19.2. The summed E-state index contributed by atoms with van der Waals surface area (Å²) in [7, 11) is 0. The number of pyridine rings is 1. The van der Waals surface area contributed by atoms with Gasteiger partial charge >= 0.3 is 0 Å². The Labute approximate surface area is 201 Å². The molecule has 32 heavy (non-hydrogen) atoms. The summed E-state index contributed by atoms with van der Waals surface area (Å²) in [4.78, 5) is 6.72. The molecule has 2 atom stereocenters. The number of nitrogens with one attached hydrogen (secondary N) is 1. The molecule has 5 rings (SSSR count). The van der Waals surface area contributed by atoms with E-state index in [1.165, 1.54) is 0 Å². The van der Waals surface area contributed by atoms with Crippen LogP contribution in [0.4, 0.5) is 0 Å². The molecule has 0 bridgehead atoms. The number of benzene rings is 2. The van der Waals surface area contributed by atoms with Gasteiger partial charge in [0.05, 0.1) is 16.8 Å². The lowest BCUT2D eigenvalue weighted by Crippen LogP contribution is -2.29. The summed E-state index contributed by atoms with van der Waals surface area (Å²) in [6.07, 6.45) is 1.79. The predicted molar refractivity (Wildman–Crippen MR) is 132 cm³/mol. The van der Waals surface area contributed by atoms with Gasteiger partial charge in [0.1, 0.15) is 17.6 Å². The van der Waals surface area contributed by atoms with Crippen molar-refractivity contribution in [3.63, 3.8) is 0 Å². The number of hydrogen-bond acceptors (Lipinski definition) is 3. The van der Waals surface area contributed by atoms with E-state index in [0.717, 1.165) is 22.6 Å². The van der Waals surface area contributed by atoms with Crippen molar-refractivity contribution in [3.05, 3.63) is 112 Å². The second-order valence-corrected chi connectivity index (χ2v) is 8.80. The van der Waals surface area contributed by atoms with Crippen molar-refractivity contribution in [1.82, 2.24) is 15.2 Å². The Morgan fingerprint density at radius 2 is 1.78 bits per heavy atom. The van der Waals surface area contributed by atoms with Crippen molar-refractivity contribution < 1.29 is 4.42 Å². The Morgan fingerprint density at radius 3 is 2.53 bits per heavy atom. The molecule has 0 amide bonds. The average molecular weight is 480 g/mol. The van der Waals surface area contributed by atoms with Crippen molar-refractivity contribution >= 4 is 40.5 Å². The van der Waals surface area contributed by atoms with Crippen molar-refractivity contribution in [2.45, 2.75) is 18.6 Å². The highest BCUT2D eigenvalue weighted by Gasteiger charge is 2.41. The maximum atomic E-state index is 6.42. The van der Waals surface area contributed by atoms with E-state index in [4.69, 9.17) is 39.8 Å². The number of furan rings is 1. The van der Waals surface area contributed by atoms with Crippen molar-refractivity contribution in [2.75, 3.05) is 0 Å². The third kappa shape index (κ3) is 4.11. The lowest BCUT2D eigenvalue weighted by atomic mass is 10.0. The molecule has 1 aliphatic heterocycles. The minimum atomic E-state index is -0.169. The smallest absolute Gasteiger partial charge is 0.170 e. The third-order valence-electron chi connectivity index (χ3n) is 5.51. The molecular formula is C25H19Cl2N3OS. The molecule has 4 aromatic rings. The van der Waals surface area contributed by atoms with Crippen molar-refractivity contribution in [3.8, 4) is 11.3 Å². The van der Waals surface area contributed by atoms with Crippen LogP contribution in [0.1, 0.15) is 29.1 Å². The van der Waals surface area contributed by atoms with E-state index in [1.54, 1.807) is 18.3 Å². The summed E-state index contributed by atoms with van der Waals surface area (Å²) in [6, 6.07) is 25.1. The maximum Gasteiger partial charge on any atom is 0.170 e. The molecule has 3 heterocycles. The van der Waals surface area contributed by atoms with Gasteiger partial charge in [-0.15, -0.1) is 0 Å². The standard InChI is InChI=1S/C25H19Cl2N3OS/c26-17-9-10-18(19(27)14-17)21-11-12-22(31-21)24-23(20-8-4-5-13-28-20)29-25(32)30(24)15-16-6-2-1-3-7-16/h1-14,23-24H,15H2,(H,29,32). The van der Waals surface area contributed by atoms with E-state index < -0.39 is 0 Å². The summed E-state index contributed by atoms with van der Waals surface area (Å²) in [5, 5.41) is 5.24. The van der Waals surface area contributed by atoms with E-state index in [-0.39, 0.29) is 12.1 Å². The predicted octanol–water partition coefficient (Wildman–Crippen LogP) is 6.82. The molecule has 160 valence electrons. The second-order valence-electron chi connectivity index (χ2n) is 7.57. The third-order valence-corrected chi connectivity index (χ3v) is 6.41. The zero-order valence-electron chi connectivity index (χ0n) is 16.9. The fraction of sp³-hybridized carbons (Fsp3) is 0.120. The molecule has 0 radical (unpaired) electrons. The normalized spacial score (nSPS) is 18.1. The molecule has 1 aliphatic rings. The first-order valence-corrected chi connectivity index (χ1v) is 11.3. The monoisotopic (exact) mass is 479 g/mol. The molecular weight excluding hydrogens is 461 g/mol. The number of hydrogen-bond donors (Lipinski definition) is 1. The Bertz CT molecular complexity index is 1250. The van der Waals surface area contributed by atoms with Gasteiger partial charge in [-0.25, -0.2) is 0 Å². The van der Waals surface area contributed by atoms with Crippen LogP contribution in [0.3, 0.4) is 0 Å². The molecule has 1 fully saturated rings. The van der Waals surface area contributed by atoms with E-state index in [2.05, 4.69) is 27.3 Å². The first kappa shape index (κ1) is 21.0. The number of aromatic nitrogens is 1. The lowest BCUT2D eigenvalue weighted by molar-refractivity contribution is 0.269. The minimum absolute atomic E-state index is 0.146. The Hall–Kier alpha value is -2.86. The highest BCUT2D eigenvalue weighted by Crippen LogP contribution is 2.42. The van der Waals surface area contributed by atoms with E-state index >= 15 is 0 Å². The van der Waals surface area contributed by atoms with E-state index in [9.17, 15) is 0 Å². The van der Waals surface area contributed by atoms with Crippen LogP contribution < -0.4 is 5.32 Å². The highest BCUT2D eigenvalue weighted by molar-refractivity contribution is 7.80. The largest absolute Gasteiger partial charge is 0.459 e. The molecule has 7 heteroatoms. The van der Waals surface area contributed by atoms with Gasteiger partial charge in [0, 0.05) is 23.3 Å². The first-order chi connectivity index (χ1) is 15.6. The van der Waals surface area contributed by atoms with Crippen LogP contribution in [0.2, 0.25) is 10.0 Å². The molecule has 0 aliphatic carbocycles. The van der Waals surface area contributed by atoms with Gasteiger partial charge in [0.2, 0.25) is 0 Å². The van der Waals surface area contributed by atoms with Gasteiger partial charge in [-0.2, -0.15) is 0 Å². The summed E-state index contributed by atoms with van der Waals surface area (Å²) in [5.41, 5.74) is 2.86. The fourth-order valence-electron chi connectivity index (χ4n) is 4.01. The zero-order chi connectivity index (χ0) is 22.1. The molecule has 2 aromatic heterocycles. The summed E-state index contributed by atoms with van der Waals surface area (Å²) in [5.74, 6) is 1.46. The average Bonchev–Trinajstić information content (AvgIpc) is 3.40. The summed E-state index contributed by atoms with van der Waals surface area (Å²) < 4.78 is 6.35. The van der Waals surface area contributed by atoms with Crippen LogP contribution in [-0.4, -0.2) is 15.0 Å².